The lowest BCUT2D eigenvalue weighted by atomic mass is 9.90. The van der Waals surface area contributed by atoms with Crippen molar-refractivity contribution in [1.29, 1.82) is 0 Å². The monoisotopic (exact) mass is 220 g/mol. The molecular formula is C12H12O4. The summed E-state index contributed by atoms with van der Waals surface area (Å²) in [5.41, 5.74) is 1.54. The van der Waals surface area contributed by atoms with Crippen molar-refractivity contribution in [2.24, 2.45) is 0 Å². The van der Waals surface area contributed by atoms with E-state index in [1.165, 1.54) is 13.2 Å². The van der Waals surface area contributed by atoms with Gasteiger partial charge in [0.15, 0.2) is 5.78 Å². The minimum Gasteiger partial charge on any atom is -0.507 e. The van der Waals surface area contributed by atoms with Gasteiger partial charge in [-0.05, 0) is 17.2 Å². The summed E-state index contributed by atoms with van der Waals surface area (Å²) >= 11 is 0. The number of methoxy groups -OCH3 is 1. The minimum absolute atomic E-state index is 0.0763. The second kappa shape index (κ2) is 3.98. The molecule has 4 nitrogen and oxygen atoms in total. The Kier molecular flexibility index (Phi) is 2.66. The SMILES string of the molecule is COc1cc(O)c2c(c1)C=C(CO)CC2=O. The van der Waals surface area contributed by atoms with Crippen molar-refractivity contribution in [3.05, 3.63) is 28.8 Å². The molecule has 0 heterocycles. The molecular weight excluding hydrogens is 208 g/mol. The Morgan fingerprint density at radius 2 is 2.19 bits per heavy atom. The number of fused-ring (bicyclic) bond motifs is 1. The van der Waals surface area contributed by atoms with E-state index in [1.54, 1.807) is 12.1 Å². The number of hydrogen-bond donors (Lipinski definition) is 2. The van der Waals surface area contributed by atoms with Crippen LogP contribution < -0.4 is 4.74 Å². The van der Waals surface area contributed by atoms with E-state index in [9.17, 15) is 9.90 Å². The molecule has 0 atom stereocenters. The predicted molar refractivity (Wildman–Crippen MR) is 58.7 cm³/mol. The number of hydrogen-bond acceptors (Lipinski definition) is 4. The highest BCUT2D eigenvalue weighted by molar-refractivity contribution is 6.06. The Morgan fingerprint density at radius 3 is 2.81 bits per heavy atom. The van der Waals surface area contributed by atoms with Gasteiger partial charge in [0.05, 0.1) is 19.3 Å². The first-order chi connectivity index (χ1) is 7.65. The Balaban J connectivity index is 2.60. The van der Waals surface area contributed by atoms with Gasteiger partial charge in [-0.25, -0.2) is 0 Å². The third-order valence-corrected chi connectivity index (χ3v) is 2.59. The second-order valence-electron chi connectivity index (χ2n) is 3.67. The molecule has 0 aromatic heterocycles. The molecule has 0 spiro atoms. The largest absolute Gasteiger partial charge is 0.507 e. The van der Waals surface area contributed by atoms with Crippen LogP contribution in [0.25, 0.3) is 6.08 Å². The quantitative estimate of drug-likeness (QED) is 0.789. The van der Waals surface area contributed by atoms with E-state index in [-0.39, 0.29) is 24.6 Å². The van der Waals surface area contributed by atoms with Gasteiger partial charge < -0.3 is 14.9 Å². The number of ketones is 1. The number of carbonyl (C=O) groups excluding carboxylic acids is 1. The van der Waals surface area contributed by atoms with Gasteiger partial charge in [0, 0.05) is 12.5 Å². The molecule has 0 radical (unpaired) electrons. The van der Waals surface area contributed by atoms with Gasteiger partial charge in [0.25, 0.3) is 0 Å². The minimum atomic E-state index is -0.179. The highest BCUT2D eigenvalue weighted by Gasteiger charge is 2.22. The van der Waals surface area contributed by atoms with Crippen LogP contribution in [-0.4, -0.2) is 29.7 Å². The number of benzene rings is 1. The number of aliphatic hydroxyl groups is 1. The number of carbonyl (C=O) groups is 1. The molecule has 4 heteroatoms. The molecule has 0 amide bonds. The molecule has 2 rings (SSSR count). The molecule has 0 saturated heterocycles. The summed E-state index contributed by atoms with van der Waals surface area (Å²) in [6, 6.07) is 3.08. The molecule has 1 aromatic carbocycles. The molecule has 0 fully saturated rings. The zero-order valence-electron chi connectivity index (χ0n) is 8.86. The van der Waals surface area contributed by atoms with Crippen molar-refractivity contribution in [3.8, 4) is 11.5 Å². The Labute approximate surface area is 92.8 Å². The van der Waals surface area contributed by atoms with Crippen molar-refractivity contribution < 1.29 is 19.7 Å². The maximum absolute atomic E-state index is 11.7. The number of ether oxygens (including phenoxy) is 1. The fourth-order valence-corrected chi connectivity index (χ4v) is 1.82. The number of aliphatic hydroxyl groups excluding tert-OH is 1. The van der Waals surface area contributed by atoms with E-state index in [0.717, 1.165) is 0 Å². The molecule has 0 bridgehead atoms. The third kappa shape index (κ3) is 1.67. The Morgan fingerprint density at radius 1 is 1.44 bits per heavy atom. The van der Waals surface area contributed by atoms with Crippen molar-refractivity contribution >= 4 is 11.9 Å². The highest BCUT2D eigenvalue weighted by Crippen LogP contribution is 2.34. The van der Waals surface area contributed by atoms with Gasteiger partial charge >= 0.3 is 0 Å². The first-order valence-corrected chi connectivity index (χ1v) is 4.90. The maximum Gasteiger partial charge on any atom is 0.171 e. The Bertz CT molecular complexity index is 474. The molecule has 16 heavy (non-hydrogen) atoms. The van der Waals surface area contributed by atoms with Crippen LogP contribution in [-0.2, 0) is 0 Å². The lowest BCUT2D eigenvalue weighted by Crippen LogP contribution is -2.10. The molecule has 1 aliphatic carbocycles. The first-order valence-electron chi connectivity index (χ1n) is 4.90. The van der Waals surface area contributed by atoms with Gasteiger partial charge in [-0.2, -0.15) is 0 Å². The van der Waals surface area contributed by atoms with Crippen molar-refractivity contribution in [1.82, 2.24) is 0 Å². The predicted octanol–water partition coefficient (Wildman–Crippen LogP) is 1.36. The molecule has 84 valence electrons. The van der Waals surface area contributed by atoms with E-state index in [2.05, 4.69) is 0 Å². The standard InChI is InChI=1S/C12H12O4/c1-16-9-4-8-2-7(6-13)3-10(14)12(8)11(15)5-9/h2,4-5,13,15H,3,6H2,1H3. The third-order valence-electron chi connectivity index (χ3n) is 2.59. The number of phenols is 1. The number of Topliss-reactive ketones (excluding diaryl/α,β-unsaturated/α-hetero) is 1. The fourth-order valence-electron chi connectivity index (χ4n) is 1.82. The summed E-state index contributed by atoms with van der Waals surface area (Å²) in [5.74, 6) is 0.230. The van der Waals surface area contributed by atoms with Crippen LogP contribution >= 0.6 is 0 Å². The van der Waals surface area contributed by atoms with E-state index in [1.807, 2.05) is 0 Å². The molecule has 1 aliphatic rings. The Hall–Kier alpha value is -1.81. The smallest absolute Gasteiger partial charge is 0.171 e. The molecule has 0 aliphatic heterocycles. The highest BCUT2D eigenvalue weighted by atomic mass is 16.5. The van der Waals surface area contributed by atoms with E-state index >= 15 is 0 Å². The van der Waals surface area contributed by atoms with Gasteiger partial charge in [0.1, 0.15) is 11.5 Å². The van der Waals surface area contributed by atoms with Gasteiger partial charge in [0.2, 0.25) is 0 Å². The topological polar surface area (TPSA) is 66.8 Å². The summed E-state index contributed by atoms with van der Waals surface area (Å²) in [6.45, 7) is -0.150. The summed E-state index contributed by atoms with van der Waals surface area (Å²) in [7, 11) is 1.49. The van der Waals surface area contributed by atoms with Crippen molar-refractivity contribution in [3.63, 3.8) is 0 Å². The molecule has 0 saturated carbocycles. The molecule has 1 aromatic rings. The molecule has 2 N–H and O–H groups in total. The van der Waals surface area contributed by atoms with Crippen LogP contribution in [0.1, 0.15) is 22.3 Å². The van der Waals surface area contributed by atoms with E-state index in [0.29, 0.717) is 22.4 Å². The number of rotatable bonds is 2. The van der Waals surface area contributed by atoms with Crippen molar-refractivity contribution in [2.75, 3.05) is 13.7 Å². The van der Waals surface area contributed by atoms with E-state index < -0.39 is 0 Å². The fraction of sp³-hybridized carbons (Fsp3) is 0.250. The second-order valence-corrected chi connectivity index (χ2v) is 3.67. The lowest BCUT2D eigenvalue weighted by molar-refractivity contribution is 0.0984. The zero-order chi connectivity index (χ0) is 11.7. The van der Waals surface area contributed by atoms with E-state index in [4.69, 9.17) is 9.84 Å². The zero-order valence-corrected chi connectivity index (χ0v) is 8.86. The molecule has 0 unspecified atom stereocenters. The summed E-state index contributed by atoms with van der Waals surface area (Å²) < 4.78 is 5.00. The van der Waals surface area contributed by atoms with Crippen LogP contribution in [0.3, 0.4) is 0 Å². The summed E-state index contributed by atoms with van der Waals surface area (Å²) in [5, 5.41) is 18.7. The van der Waals surface area contributed by atoms with Crippen molar-refractivity contribution in [2.45, 2.75) is 6.42 Å². The van der Waals surface area contributed by atoms with Crippen LogP contribution in [0.2, 0.25) is 0 Å². The van der Waals surface area contributed by atoms with Crippen LogP contribution in [0, 0.1) is 0 Å². The maximum atomic E-state index is 11.7. The summed E-state index contributed by atoms with van der Waals surface area (Å²) in [6.07, 6.45) is 1.86. The average Bonchev–Trinajstić information content (AvgIpc) is 2.27. The van der Waals surface area contributed by atoms with Crippen LogP contribution in [0.4, 0.5) is 0 Å². The van der Waals surface area contributed by atoms with Gasteiger partial charge in [-0.3, -0.25) is 4.79 Å². The number of phenolic OH excluding ortho intramolecular Hbond substituents is 1. The van der Waals surface area contributed by atoms with Crippen LogP contribution in [0.15, 0.2) is 17.7 Å². The lowest BCUT2D eigenvalue weighted by Gasteiger charge is -2.16. The van der Waals surface area contributed by atoms with Gasteiger partial charge in [-0.1, -0.05) is 6.08 Å². The first kappa shape index (κ1) is 10.7. The van der Waals surface area contributed by atoms with Crippen LogP contribution in [0.5, 0.6) is 11.5 Å². The normalized spacial score (nSPS) is 14.4. The number of aromatic hydroxyl groups is 1. The van der Waals surface area contributed by atoms with Gasteiger partial charge in [-0.15, -0.1) is 0 Å². The average molecular weight is 220 g/mol. The summed E-state index contributed by atoms with van der Waals surface area (Å²) in [4.78, 5) is 11.7.